The van der Waals surface area contributed by atoms with Gasteiger partial charge in [0.1, 0.15) is 11.3 Å². The van der Waals surface area contributed by atoms with E-state index in [2.05, 4.69) is 4.99 Å². The Hall–Kier alpha value is -1.79. The zero-order valence-electron chi connectivity index (χ0n) is 8.57. The maximum Gasteiger partial charge on any atom is 0.222 e. The summed E-state index contributed by atoms with van der Waals surface area (Å²) in [7, 11) is 0. The summed E-state index contributed by atoms with van der Waals surface area (Å²) in [5, 5.41) is 0. The van der Waals surface area contributed by atoms with Gasteiger partial charge >= 0.3 is 0 Å². The Morgan fingerprint density at radius 2 is 1.59 bits per heavy atom. The van der Waals surface area contributed by atoms with Crippen LogP contribution in [0.2, 0.25) is 0 Å². The number of aliphatic imine (C=N–C) groups is 1. The lowest BCUT2D eigenvalue weighted by molar-refractivity contribution is 0.280. The first kappa shape index (κ1) is 11.7. The quantitative estimate of drug-likeness (QED) is 0.469. The zero-order chi connectivity index (χ0) is 12.6. The summed E-state index contributed by atoms with van der Waals surface area (Å²) in [4.78, 5) is 3.67. The van der Waals surface area contributed by atoms with Gasteiger partial charge < -0.3 is 10.5 Å². The summed E-state index contributed by atoms with van der Waals surface area (Å²) in [5.74, 6) is -6.92. The van der Waals surface area contributed by atoms with E-state index in [1.165, 1.54) is 0 Å². The summed E-state index contributed by atoms with van der Waals surface area (Å²) in [5.41, 5.74) is 2.73. The van der Waals surface area contributed by atoms with E-state index in [1.807, 2.05) is 0 Å². The normalized spacial score (nSPS) is 15.4. The third-order valence-corrected chi connectivity index (χ3v) is 2.31. The lowest BCUT2D eigenvalue weighted by Gasteiger charge is -2.16. The highest BCUT2D eigenvalue weighted by molar-refractivity contribution is 5.95. The fourth-order valence-corrected chi connectivity index (χ4v) is 1.45. The number of nitrogens with two attached hydrogens (primary N) is 1. The molecule has 2 rings (SSSR count). The van der Waals surface area contributed by atoms with Gasteiger partial charge in [-0.2, -0.15) is 0 Å². The van der Waals surface area contributed by atoms with Gasteiger partial charge in [-0.25, -0.2) is 17.6 Å². The molecule has 1 heterocycles. The number of anilines is 1. The number of benzene rings is 1. The Morgan fingerprint density at radius 3 is 2.06 bits per heavy atom. The molecular formula is C10H8F4N2O. The molecule has 0 saturated carbocycles. The first-order valence-corrected chi connectivity index (χ1v) is 4.83. The van der Waals surface area contributed by atoms with E-state index in [0.717, 1.165) is 0 Å². The lowest BCUT2D eigenvalue weighted by Crippen LogP contribution is -2.20. The van der Waals surface area contributed by atoms with Crippen LogP contribution in [0.5, 0.6) is 0 Å². The summed E-state index contributed by atoms with van der Waals surface area (Å²) in [6.07, 6.45) is 0.576. The Morgan fingerprint density at radius 1 is 1.00 bits per heavy atom. The van der Waals surface area contributed by atoms with Crippen LogP contribution in [0, 0.1) is 23.3 Å². The highest BCUT2D eigenvalue weighted by atomic mass is 19.2. The van der Waals surface area contributed by atoms with Crippen molar-refractivity contribution < 1.29 is 22.3 Å². The van der Waals surface area contributed by atoms with Gasteiger partial charge in [0.25, 0.3) is 0 Å². The Balaban J connectivity index is 2.65. The van der Waals surface area contributed by atoms with Crippen molar-refractivity contribution in [2.75, 3.05) is 18.9 Å². The maximum atomic E-state index is 13.5. The number of ether oxygens (including phenoxy) is 1. The molecule has 0 radical (unpaired) electrons. The number of nitrogen functional groups attached to an aromatic ring is 1. The van der Waals surface area contributed by atoms with Crippen LogP contribution in [0.15, 0.2) is 4.99 Å². The molecule has 0 atom stereocenters. The first-order chi connectivity index (χ1) is 8.04. The predicted molar refractivity (Wildman–Crippen MR) is 52.7 cm³/mol. The van der Waals surface area contributed by atoms with Crippen LogP contribution in [-0.4, -0.2) is 19.0 Å². The molecule has 0 unspecified atom stereocenters. The van der Waals surface area contributed by atoms with E-state index < -0.39 is 40.4 Å². The average Bonchev–Trinajstić information content (AvgIpc) is 2.36. The van der Waals surface area contributed by atoms with E-state index in [1.54, 1.807) is 0 Å². The molecule has 1 aliphatic rings. The zero-order valence-corrected chi connectivity index (χ0v) is 8.57. The molecule has 3 nitrogen and oxygen atoms in total. The molecule has 2 N–H and O–H groups in total. The number of nitrogens with zero attached hydrogens (tertiary/aromatic N) is 1. The number of hydrogen-bond donors (Lipinski definition) is 1. The molecule has 0 fully saturated rings. The van der Waals surface area contributed by atoms with Crippen molar-refractivity contribution in [2.24, 2.45) is 4.99 Å². The highest BCUT2D eigenvalue weighted by Crippen LogP contribution is 2.27. The van der Waals surface area contributed by atoms with E-state index >= 15 is 0 Å². The summed E-state index contributed by atoms with van der Waals surface area (Å²) in [6.45, 7) is 0.465. The second-order valence-corrected chi connectivity index (χ2v) is 3.43. The standard InChI is InChI=1S/C10H8F4N2O/c11-5-4(10-16-2-1-3-17-10)6(12)8(14)9(15)7(5)13/h1-3,15H2. The molecule has 1 aromatic rings. The van der Waals surface area contributed by atoms with Crippen molar-refractivity contribution in [2.45, 2.75) is 6.42 Å². The molecule has 0 aromatic heterocycles. The number of rotatable bonds is 1. The number of hydrogen-bond acceptors (Lipinski definition) is 3. The van der Waals surface area contributed by atoms with Crippen LogP contribution in [0.3, 0.4) is 0 Å². The van der Waals surface area contributed by atoms with Gasteiger partial charge in [0.05, 0.1) is 6.61 Å². The van der Waals surface area contributed by atoms with Crippen molar-refractivity contribution in [3.63, 3.8) is 0 Å². The van der Waals surface area contributed by atoms with Crippen LogP contribution in [0.25, 0.3) is 0 Å². The van der Waals surface area contributed by atoms with E-state index in [0.29, 0.717) is 6.42 Å². The molecule has 17 heavy (non-hydrogen) atoms. The van der Waals surface area contributed by atoms with Gasteiger partial charge in [-0.05, 0) is 0 Å². The Bertz CT molecular complexity index is 473. The van der Waals surface area contributed by atoms with Crippen molar-refractivity contribution in [1.82, 2.24) is 0 Å². The summed E-state index contributed by atoms with van der Waals surface area (Å²) in [6, 6.07) is 0. The second-order valence-electron chi connectivity index (χ2n) is 3.43. The smallest absolute Gasteiger partial charge is 0.222 e. The molecule has 0 aliphatic carbocycles. The monoisotopic (exact) mass is 248 g/mol. The molecule has 0 spiro atoms. The maximum absolute atomic E-state index is 13.5. The van der Waals surface area contributed by atoms with Crippen LogP contribution < -0.4 is 5.73 Å². The second kappa shape index (κ2) is 4.23. The largest absolute Gasteiger partial charge is 0.477 e. The summed E-state index contributed by atoms with van der Waals surface area (Å²) < 4.78 is 58.1. The van der Waals surface area contributed by atoms with Crippen molar-refractivity contribution in [1.29, 1.82) is 0 Å². The first-order valence-electron chi connectivity index (χ1n) is 4.83. The van der Waals surface area contributed by atoms with Gasteiger partial charge in [-0.15, -0.1) is 0 Å². The number of halogens is 4. The molecule has 92 valence electrons. The topological polar surface area (TPSA) is 47.6 Å². The fourth-order valence-electron chi connectivity index (χ4n) is 1.45. The van der Waals surface area contributed by atoms with E-state index in [4.69, 9.17) is 10.5 Å². The van der Waals surface area contributed by atoms with Gasteiger partial charge in [0.15, 0.2) is 23.3 Å². The minimum absolute atomic E-state index is 0.186. The van der Waals surface area contributed by atoms with Crippen LogP contribution >= 0.6 is 0 Å². The van der Waals surface area contributed by atoms with Crippen LogP contribution in [0.1, 0.15) is 12.0 Å². The molecule has 1 aliphatic heterocycles. The van der Waals surface area contributed by atoms with Crippen LogP contribution in [0.4, 0.5) is 23.2 Å². The molecule has 0 amide bonds. The summed E-state index contributed by atoms with van der Waals surface area (Å²) >= 11 is 0. The van der Waals surface area contributed by atoms with Gasteiger partial charge in [0, 0.05) is 13.0 Å². The SMILES string of the molecule is Nc1c(F)c(F)c(C2=NCCCO2)c(F)c1F. The lowest BCUT2D eigenvalue weighted by atomic mass is 10.1. The highest BCUT2D eigenvalue weighted by Gasteiger charge is 2.28. The van der Waals surface area contributed by atoms with E-state index in [9.17, 15) is 17.6 Å². The third-order valence-electron chi connectivity index (χ3n) is 2.31. The Kier molecular flexibility index (Phi) is 2.91. The van der Waals surface area contributed by atoms with Crippen molar-refractivity contribution >= 4 is 11.6 Å². The van der Waals surface area contributed by atoms with Gasteiger partial charge in [-0.3, -0.25) is 4.99 Å². The van der Waals surface area contributed by atoms with Gasteiger partial charge in [-0.1, -0.05) is 0 Å². The fraction of sp³-hybridized carbons (Fsp3) is 0.300. The molecular weight excluding hydrogens is 240 g/mol. The minimum atomic E-state index is -1.64. The third kappa shape index (κ3) is 1.81. The minimum Gasteiger partial charge on any atom is -0.477 e. The molecule has 0 bridgehead atoms. The average molecular weight is 248 g/mol. The predicted octanol–water partition coefficient (Wildman–Crippen LogP) is 1.99. The Labute approximate surface area is 93.9 Å². The molecule has 7 heteroatoms. The van der Waals surface area contributed by atoms with Crippen molar-refractivity contribution in [3.05, 3.63) is 28.8 Å². The van der Waals surface area contributed by atoms with Crippen LogP contribution in [-0.2, 0) is 4.74 Å². The van der Waals surface area contributed by atoms with Gasteiger partial charge in [0.2, 0.25) is 5.90 Å². The molecule has 1 aromatic carbocycles. The molecule has 0 saturated heterocycles. The van der Waals surface area contributed by atoms with E-state index in [-0.39, 0.29) is 13.2 Å². The van der Waals surface area contributed by atoms with Crippen molar-refractivity contribution in [3.8, 4) is 0 Å².